The number of amides is 3. The number of hydrogen-bond acceptors (Lipinski definition) is 6. The Morgan fingerprint density at radius 3 is 2.47 bits per heavy atom. The molecule has 30 heavy (non-hydrogen) atoms. The molecule has 1 saturated heterocycles. The molecule has 0 radical (unpaired) electrons. The number of imide groups is 1. The molecule has 1 N–H and O–H groups in total. The summed E-state index contributed by atoms with van der Waals surface area (Å²) >= 11 is 0.803. The normalized spacial score (nSPS) is 19.1. The van der Waals surface area contributed by atoms with Crippen LogP contribution in [0, 0.1) is 0 Å². The summed E-state index contributed by atoms with van der Waals surface area (Å²) in [5.74, 6) is 0.222. The van der Waals surface area contributed by atoms with Crippen molar-refractivity contribution in [2.75, 3.05) is 13.2 Å². The van der Waals surface area contributed by atoms with Crippen LogP contribution in [0.2, 0.25) is 0 Å². The van der Waals surface area contributed by atoms with Gasteiger partial charge in [0.25, 0.3) is 17.1 Å². The van der Waals surface area contributed by atoms with Gasteiger partial charge in [-0.15, -0.1) is 0 Å². The minimum Gasteiger partial charge on any atom is -0.490 e. The molecule has 8 heteroatoms. The highest BCUT2D eigenvalue weighted by molar-refractivity contribution is 8.18. The van der Waals surface area contributed by atoms with Crippen LogP contribution in [0.5, 0.6) is 5.75 Å². The van der Waals surface area contributed by atoms with Gasteiger partial charge in [0.15, 0.2) is 5.72 Å². The molecule has 154 valence electrons. The topological polar surface area (TPSA) is 84.9 Å². The molecule has 2 aliphatic heterocycles. The smallest absolute Gasteiger partial charge is 0.291 e. The van der Waals surface area contributed by atoms with Crippen molar-refractivity contribution in [3.05, 3.63) is 70.6 Å². The van der Waals surface area contributed by atoms with Crippen molar-refractivity contribution in [1.29, 1.82) is 0 Å². The van der Waals surface area contributed by atoms with Crippen LogP contribution in [0.1, 0.15) is 29.8 Å². The van der Waals surface area contributed by atoms with Gasteiger partial charge in [-0.3, -0.25) is 24.6 Å². The van der Waals surface area contributed by atoms with Crippen LogP contribution in [0.25, 0.3) is 5.76 Å². The van der Waals surface area contributed by atoms with E-state index in [-0.39, 0.29) is 24.0 Å². The largest absolute Gasteiger partial charge is 0.490 e. The van der Waals surface area contributed by atoms with E-state index in [4.69, 9.17) is 9.47 Å². The lowest BCUT2D eigenvalue weighted by Crippen LogP contribution is -2.55. The monoisotopic (exact) mass is 424 g/mol. The Bertz CT molecular complexity index is 1050. The van der Waals surface area contributed by atoms with Crippen LogP contribution in [0.3, 0.4) is 0 Å². The van der Waals surface area contributed by atoms with Crippen molar-refractivity contribution >= 4 is 34.6 Å². The molecule has 0 bridgehead atoms. The number of hydrogen-bond donors (Lipinski definition) is 1. The molecule has 2 aliphatic rings. The predicted octanol–water partition coefficient (Wildman–Crippen LogP) is 3.63. The second-order valence-electron chi connectivity index (χ2n) is 7.22. The Morgan fingerprint density at radius 2 is 1.77 bits per heavy atom. The van der Waals surface area contributed by atoms with Crippen molar-refractivity contribution in [2.24, 2.45) is 0 Å². The predicted molar refractivity (Wildman–Crippen MR) is 113 cm³/mol. The zero-order valence-corrected chi connectivity index (χ0v) is 17.3. The lowest BCUT2D eigenvalue weighted by Gasteiger charge is -2.42. The van der Waals surface area contributed by atoms with Crippen molar-refractivity contribution in [1.82, 2.24) is 10.2 Å². The van der Waals surface area contributed by atoms with E-state index in [1.165, 1.54) is 0 Å². The van der Waals surface area contributed by atoms with E-state index in [9.17, 15) is 14.4 Å². The van der Waals surface area contributed by atoms with Crippen LogP contribution >= 0.6 is 11.8 Å². The third-order valence-electron chi connectivity index (χ3n) is 4.79. The van der Waals surface area contributed by atoms with Crippen molar-refractivity contribution < 1.29 is 23.9 Å². The molecule has 1 fully saturated rings. The fourth-order valence-electron chi connectivity index (χ4n) is 3.39. The van der Waals surface area contributed by atoms with Crippen LogP contribution < -0.4 is 10.1 Å². The summed E-state index contributed by atoms with van der Waals surface area (Å²) in [6.45, 7) is 3.99. The van der Waals surface area contributed by atoms with Gasteiger partial charge in [-0.25, -0.2) is 0 Å². The fourth-order valence-corrected chi connectivity index (χ4v) is 4.13. The van der Waals surface area contributed by atoms with Gasteiger partial charge >= 0.3 is 0 Å². The molecule has 0 atom stereocenters. The van der Waals surface area contributed by atoms with E-state index in [1.807, 2.05) is 38.1 Å². The van der Waals surface area contributed by atoms with Gasteiger partial charge in [0, 0.05) is 5.56 Å². The number of nitrogens with one attached hydrogen (secondary N) is 1. The number of benzene rings is 2. The second kappa shape index (κ2) is 7.87. The van der Waals surface area contributed by atoms with Gasteiger partial charge in [-0.1, -0.05) is 42.5 Å². The summed E-state index contributed by atoms with van der Waals surface area (Å²) in [5.41, 5.74) is 0.315. The SMILES string of the molecule is CC1(C)Oc2ccccc2C(=O)N1CCOC(=C1SC(=O)NC1=O)c1ccccc1. The second-order valence-corrected chi connectivity index (χ2v) is 8.20. The summed E-state index contributed by atoms with van der Waals surface area (Å²) in [5, 5.41) is 1.81. The van der Waals surface area contributed by atoms with E-state index in [0.717, 1.165) is 11.8 Å². The number of para-hydroxylation sites is 1. The fraction of sp³-hybridized carbons (Fsp3) is 0.227. The van der Waals surface area contributed by atoms with Gasteiger partial charge in [-0.05, 0) is 37.7 Å². The highest BCUT2D eigenvalue weighted by Crippen LogP contribution is 2.34. The Labute approximate surface area is 178 Å². The Balaban J connectivity index is 1.55. The van der Waals surface area contributed by atoms with Crippen molar-refractivity contribution in [3.8, 4) is 5.75 Å². The summed E-state index contributed by atoms with van der Waals surface area (Å²) in [6.07, 6.45) is 0. The van der Waals surface area contributed by atoms with Crippen LogP contribution in [0.4, 0.5) is 4.79 Å². The molecule has 0 aromatic heterocycles. The van der Waals surface area contributed by atoms with Gasteiger partial charge < -0.3 is 9.47 Å². The van der Waals surface area contributed by atoms with Gasteiger partial charge in [0.2, 0.25) is 0 Å². The maximum atomic E-state index is 13.0. The Morgan fingerprint density at radius 1 is 1.07 bits per heavy atom. The lowest BCUT2D eigenvalue weighted by atomic mass is 10.1. The quantitative estimate of drug-likeness (QED) is 0.583. The van der Waals surface area contributed by atoms with Gasteiger partial charge in [0.1, 0.15) is 23.0 Å². The lowest BCUT2D eigenvalue weighted by molar-refractivity contribution is -0.115. The molecule has 0 spiro atoms. The molecule has 2 aromatic rings. The third kappa shape index (κ3) is 3.78. The highest BCUT2D eigenvalue weighted by atomic mass is 32.2. The number of ether oxygens (including phenoxy) is 2. The average Bonchev–Trinajstić information content (AvgIpc) is 3.05. The molecule has 2 heterocycles. The van der Waals surface area contributed by atoms with Crippen LogP contribution in [-0.4, -0.2) is 40.8 Å². The van der Waals surface area contributed by atoms with E-state index >= 15 is 0 Å². The molecule has 4 rings (SSSR count). The molecular formula is C22H20N2O5S. The molecule has 0 saturated carbocycles. The van der Waals surface area contributed by atoms with Crippen molar-refractivity contribution in [3.63, 3.8) is 0 Å². The first-order valence-electron chi connectivity index (χ1n) is 9.42. The first-order chi connectivity index (χ1) is 14.4. The van der Waals surface area contributed by atoms with Gasteiger partial charge in [0.05, 0.1) is 12.1 Å². The molecular weight excluding hydrogens is 404 g/mol. The van der Waals surface area contributed by atoms with E-state index in [2.05, 4.69) is 5.32 Å². The van der Waals surface area contributed by atoms with Crippen molar-refractivity contribution in [2.45, 2.75) is 19.6 Å². The van der Waals surface area contributed by atoms with E-state index in [1.54, 1.807) is 35.2 Å². The number of carbonyl (C=O) groups is 3. The number of carbonyl (C=O) groups excluding carboxylic acids is 3. The first kappa shape index (κ1) is 20.0. The molecule has 2 aromatic carbocycles. The molecule has 0 unspecified atom stereocenters. The van der Waals surface area contributed by atoms with Gasteiger partial charge in [-0.2, -0.15) is 0 Å². The zero-order chi connectivity index (χ0) is 21.3. The Kier molecular flexibility index (Phi) is 5.26. The highest BCUT2D eigenvalue weighted by Gasteiger charge is 2.39. The minimum atomic E-state index is -0.857. The number of thioether (sulfide) groups is 1. The van der Waals surface area contributed by atoms with E-state index in [0.29, 0.717) is 22.6 Å². The maximum absolute atomic E-state index is 13.0. The summed E-state index contributed by atoms with van der Waals surface area (Å²) in [4.78, 5) is 38.6. The first-order valence-corrected chi connectivity index (χ1v) is 10.2. The molecule has 3 amide bonds. The summed E-state index contributed by atoms with van der Waals surface area (Å²) in [7, 11) is 0. The minimum absolute atomic E-state index is 0.121. The van der Waals surface area contributed by atoms with Crippen LogP contribution in [0.15, 0.2) is 59.5 Å². The molecule has 0 aliphatic carbocycles. The Hall–Kier alpha value is -3.26. The number of nitrogens with zero attached hydrogens (tertiary/aromatic N) is 1. The third-order valence-corrected chi connectivity index (χ3v) is 5.65. The average molecular weight is 424 g/mol. The summed E-state index contributed by atoms with van der Waals surface area (Å²) < 4.78 is 12.0. The van der Waals surface area contributed by atoms with Crippen LogP contribution in [-0.2, 0) is 9.53 Å². The maximum Gasteiger partial charge on any atom is 0.291 e. The number of fused-ring (bicyclic) bond motifs is 1. The standard InChI is InChI=1S/C22H20N2O5S/c1-22(2)24(20(26)15-10-6-7-11-16(15)29-22)12-13-28-17(14-8-4-3-5-9-14)18-19(25)23-21(27)30-18/h3-11H,12-13H2,1-2H3,(H,23,25,27). The molecule has 7 nitrogen and oxygen atoms in total. The summed E-state index contributed by atoms with van der Waals surface area (Å²) in [6, 6.07) is 16.2. The zero-order valence-electron chi connectivity index (χ0n) is 16.5. The van der Waals surface area contributed by atoms with E-state index < -0.39 is 16.9 Å². The number of rotatable bonds is 5.